The van der Waals surface area contributed by atoms with Gasteiger partial charge in [-0.25, -0.2) is 4.79 Å². The average molecular weight is 369 g/mol. The van der Waals surface area contributed by atoms with Gasteiger partial charge in [0.1, 0.15) is 4.88 Å². The molecular formula is C21H23NO3S. The van der Waals surface area contributed by atoms with Crippen LogP contribution in [0.3, 0.4) is 0 Å². The van der Waals surface area contributed by atoms with Crippen LogP contribution >= 0.6 is 11.3 Å². The Labute approximate surface area is 157 Å². The van der Waals surface area contributed by atoms with Crippen molar-refractivity contribution in [2.45, 2.75) is 44.9 Å². The Hall–Kier alpha value is -2.14. The lowest BCUT2D eigenvalue weighted by atomic mass is 10.0. The Morgan fingerprint density at radius 3 is 2.73 bits per heavy atom. The summed E-state index contributed by atoms with van der Waals surface area (Å²) in [5.74, 6) is -0.523. The number of nitrogens with zero attached hydrogens (tertiary/aromatic N) is 1. The zero-order valence-electron chi connectivity index (χ0n) is 14.8. The lowest BCUT2D eigenvalue weighted by molar-refractivity contribution is -0.121. The third-order valence-corrected chi connectivity index (χ3v) is 6.40. The highest BCUT2D eigenvalue weighted by molar-refractivity contribution is 7.14. The van der Waals surface area contributed by atoms with Gasteiger partial charge in [0.25, 0.3) is 5.91 Å². The quantitative estimate of drug-likeness (QED) is 0.603. The molecule has 26 heavy (non-hydrogen) atoms. The number of carbonyl (C=O) groups excluding carboxylic acids is 2. The van der Waals surface area contributed by atoms with E-state index in [1.54, 1.807) is 4.90 Å². The zero-order chi connectivity index (χ0) is 17.9. The van der Waals surface area contributed by atoms with Crippen molar-refractivity contribution in [2.75, 3.05) is 18.1 Å². The van der Waals surface area contributed by atoms with E-state index in [2.05, 4.69) is 6.07 Å². The minimum Gasteiger partial charge on any atom is -0.451 e. The lowest BCUT2D eigenvalue weighted by Crippen LogP contribution is -2.38. The van der Waals surface area contributed by atoms with Gasteiger partial charge in [-0.2, -0.15) is 0 Å². The average Bonchev–Trinajstić information content (AvgIpc) is 2.96. The van der Waals surface area contributed by atoms with Crippen molar-refractivity contribution in [3.05, 3.63) is 51.2 Å². The number of carbonyl (C=O) groups is 2. The molecule has 0 saturated carbocycles. The van der Waals surface area contributed by atoms with E-state index in [0.29, 0.717) is 11.4 Å². The van der Waals surface area contributed by atoms with Crippen LogP contribution in [-0.4, -0.2) is 25.0 Å². The van der Waals surface area contributed by atoms with Gasteiger partial charge in [-0.05, 0) is 61.8 Å². The Kier molecular flexibility index (Phi) is 5.07. The van der Waals surface area contributed by atoms with E-state index in [4.69, 9.17) is 4.74 Å². The van der Waals surface area contributed by atoms with E-state index in [1.165, 1.54) is 46.6 Å². The molecule has 4 rings (SSSR count). The standard InChI is InChI=1S/C21H23NO3S/c23-20(22-12-6-9-15-7-4-5-10-17(15)22)14-25-21(24)19-13-16-8-2-1-3-11-18(16)26-19/h4-5,7,10,13H,1-3,6,8-9,11-12,14H2. The van der Waals surface area contributed by atoms with Crippen LogP contribution < -0.4 is 4.90 Å². The van der Waals surface area contributed by atoms with Gasteiger partial charge in [0, 0.05) is 17.1 Å². The maximum Gasteiger partial charge on any atom is 0.348 e. The molecule has 0 saturated heterocycles. The molecule has 1 aromatic carbocycles. The first-order chi connectivity index (χ1) is 12.7. The number of anilines is 1. The SMILES string of the molecule is O=C(OCC(=O)N1CCCc2ccccc21)c1cc2c(s1)CCCCC2. The summed E-state index contributed by atoms with van der Waals surface area (Å²) in [6.07, 6.45) is 7.65. The third-order valence-electron chi connectivity index (χ3n) is 5.19. The second-order valence-electron chi connectivity index (χ2n) is 6.97. The Morgan fingerprint density at radius 2 is 1.81 bits per heavy atom. The molecule has 0 atom stereocenters. The number of esters is 1. The van der Waals surface area contributed by atoms with E-state index < -0.39 is 0 Å². The molecule has 0 unspecified atom stereocenters. The van der Waals surface area contributed by atoms with Gasteiger partial charge >= 0.3 is 5.97 Å². The normalized spacial score (nSPS) is 16.4. The summed E-state index contributed by atoms with van der Waals surface area (Å²) in [5.41, 5.74) is 3.42. The number of amides is 1. The Morgan fingerprint density at radius 1 is 1.00 bits per heavy atom. The number of thiophene rings is 1. The van der Waals surface area contributed by atoms with Crippen molar-refractivity contribution in [1.82, 2.24) is 0 Å². The molecule has 136 valence electrons. The third kappa shape index (κ3) is 3.54. The minimum absolute atomic E-state index is 0.149. The number of fused-ring (bicyclic) bond motifs is 2. The first-order valence-corrected chi connectivity index (χ1v) is 10.2. The summed E-state index contributed by atoms with van der Waals surface area (Å²) in [6.45, 7) is 0.483. The van der Waals surface area contributed by atoms with E-state index in [-0.39, 0.29) is 18.5 Å². The van der Waals surface area contributed by atoms with Gasteiger partial charge in [-0.15, -0.1) is 11.3 Å². The number of hydrogen-bond acceptors (Lipinski definition) is 4. The summed E-state index contributed by atoms with van der Waals surface area (Å²) >= 11 is 1.53. The predicted molar refractivity (Wildman–Crippen MR) is 103 cm³/mol. The Bertz CT molecular complexity index is 803. The molecule has 2 heterocycles. The molecule has 1 amide bonds. The van der Waals surface area contributed by atoms with Gasteiger partial charge in [0.05, 0.1) is 0 Å². The molecule has 2 aliphatic rings. The molecule has 0 bridgehead atoms. The molecule has 0 fully saturated rings. The van der Waals surface area contributed by atoms with Gasteiger partial charge in [-0.1, -0.05) is 24.6 Å². The highest BCUT2D eigenvalue weighted by atomic mass is 32.1. The molecule has 5 heteroatoms. The summed E-state index contributed by atoms with van der Waals surface area (Å²) in [7, 11) is 0. The van der Waals surface area contributed by atoms with Crippen molar-refractivity contribution in [3.8, 4) is 0 Å². The second kappa shape index (κ2) is 7.62. The monoisotopic (exact) mass is 369 g/mol. The van der Waals surface area contributed by atoms with Crippen LogP contribution in [0, 0.1) is 0 Å². The highest BCUT2D eigenvalue weighted by Crippen LogP contribution is 2.30. The van der Waals surface area contributed by atoms with Crippen LogP contribution in [-0.2, 0) is 28.8 Å². The molecule has 2 aromatic rings. The topological polar surface area (TPSA) is 46.6 Å². The van der Waals surface area contributed by atoms with Gasteiger partial charge < -0.3 is 9.64 Å². The fourth-order valence-electron chi connectivity index (χ4n) is 3.84. The van der Waals surface area contributed by atoms with Gasteiger partial charge in [-0.3, -0.25) is 4.79 Å². The summed E-state index contributed by atoms with van der Waals surface area (Å²) < 4.78 is 5.35. The molecular weight excluding hydrogens is 346 g/mol. The number of para-hydroxylation sites is 1. The first-order valence-electron chi connectivity index (χ1n) is 9.39. The van der Waals surface area contributed by atoms with Crippen molar-refractivity contribution in [2.24, 2.45) is 0 Å². The zero-order valence-corrected chi connectivity index (χ0v) is 15.6. The van der Waals surface area contributed by atoms with E-state index in [9.17, 15) is 9.59 Å². The van der Waals surface area contributed by atoms with Gasteiger partial charge in [0.15, 0.2) is 6.61 Å². The number of hydrogen-bond donors (Lipinski definition) is 0. The maximum absolute atomic E-state index is 12.6. The molecule has 0 N–H and O–H groups in total. The lowest BCUT2D eigenvalue weighted by Gasteiger charge is -2.29. The molecule has 1 aliphatic heterocycles. The smallest absolute Gasteiger partial charge is 0.348 e. The van der Waals surface area contributed by atoms with Crippen LogP contribution in [0.5, 0.6) is 0 Å². The summed E-state index contributed by atoms with van der Waals surface area (Å²) in [4.78, 5) is 28.7. The van der Waals surface area contributed by atoms with Crippen LogP contribution in [0.2, 0.25) is 0 Å². The molecule has 1 aliphatic carbocycles. The predicted octanol–water partition coefficient (Wildman–Crippen LogP) is 4.15. The van der Waals surface area contributed by atoms with Crippen LogP contribution in [0.4, 0.5) is 5.69 Å². The molecule has 0 radical (unpaired) electrons. The summed E-state index contributed by atoms with van der Waals surface area (Å²) in [5, 5.41) is 0. The number of benzene rings is 1. The molecule has 1 aromatic heterocycles. The van der Waals surface area contributed by atoms with Crippen LogP contribution in [0.25, 0.3) is 0 Å². The second-order valence-corrected chi connectivity index (χ2v) is 8.11. The van der Waals surface area contributed by atoms with Crippen molar-refractivity contribution in [3.63, 3.8) is 0 Å². The van der Waals surface area contributed by atoms with Crippen molar-refractivity contribution >= 4 is 28.9 Å². The Balaban J connectivity index is 1.40. The van der Waals surface area contributed by atoms with Gasteiger partial charge in [0.2, 0.25) is 0 Å². The first kappa shape index (κ1) is 17.3. The fourth-order valence-corrected chi connectivity index (χ4v) is 4.98. The van der Waals surface area contributed by atoms with Crippen LogP contribution in [0.1, 0.15) is 51.4 Å². The van der Waals surface area contributed by atoms with Crippen molar-refractivity contribution < 1.29 is 14.3 Å². The molecule has 0 spiro atoms. The number of rotatable bonds is 3. The number of ether oxygens (including phenoxy) is 1. The van der Waals surface area contributed by atoms with E-state index in [0.717, 1.165) is 31.4 Å². The summed E-state index contributed by atoms with van der Waals surface area (Å²) in [6, 6.07) is 9.92. The maximum atomic E-state index is 12.6. The van der Waals surface area contributed by atoms with Crippen molar-refractivity contribution in [1.29, 1.82) is 0 Å². The number of aryl methyl sites for hydroxylation is 3. The minimum atomic E-state index is -0.373. The highest BCUT2D eigenvalue weighted by Gasteiger charge is 2.24. The van der Waals surface area contributed by atoms with Crippen LogP contribution in [0.15, 0.2) is 30.3 Å². The van der Waals surface area contributed by atoms with E-state index >= 15 is 0 Å². The largest absolute Gasteiger partial charge is 0.451 e. The molecule has 4 nitrogen and oxygen atoms in total. The fraction of sp³-hybridized carbons (Fsp3) is 0.429. The van der Waals surface area contributed by atoms with E-state index in [1.807, 2.05) is 24.3 Å².